The minimum atomic E-state index is -3.49. The fraction of sp³-hybridized carbons (Fsp3) is 0.280. The van der Waals surface area contributed by atoms with E-state index in [4.69, 9.17) is 4.42 Å². The molecule has 0 aliphatic carbocycles. The quantitative estimate of drug-likeness (QED) is 0.532. The minimum Gasteiger partial charge on any atom is -0.459 e. The van der Waals surface area contributed by atoms with Crippen molar-refractivity contribution in [3.63, 3.8) is 0 Å². The number of furan rings is 1. The zero-order valence-corrected chi connectivity index (χ0v) is 19.5. The summed E-state index contributed by atoms with van der Waals surface area (Å²) in [5, 5.41) is 2.78. The van der Waals surface area contributed by atoms with E-state index < -0.39 is 22.0 Å². The number of nitrogens with zero attached hydrogens (tertiary/aromatic N) is 2. The molecule has 9 heteroatoms. The Labute approximate surface area is 199 Å². The van der Waals surface area contributed by atoms with E-state index >= 15 is 0 Å². The number of piperazine rings is 1. The molecule has 1 aliphatic rings. The molecule has 178 valence electrons. The van der Waals surface area contributed by atoms with Crippen LogP contribution in [0.25, 0.3) is 0 Å². The Morgan fingerprint density at radius 2 is 1.47 bits per heavy atom. The SMILES string of the molecule is O=C(NC(Cc1ccccc1)C(=O)N1CCN(S(=O)(=O)Cc2ccccc2)CC1)c1ccco1. The summed E-state index contributed by atoms with van der Waals surface area (Å²) in [6.45, 7) is 0.944. The largest absolute Gasteiger partial charge is 0.459 e. The molecule has 34 heavy (non-hydrogen) atoms. The van der Waals surface area contributed by atoms with E-state index in [1.807, 2.05) is 48.5 Å². The summed E-state index contributed by atoms with van der Waals surface area (Å²) in [5.74, 6) is -0.660. The van der Waals surface area contributed by atoms with Crippen molar-refractivity contribution in [2.24, 2.45) is 0 Å². The average molecular weight is 482 g/mol. The standard InChI is InChI=1S/C25H27N3O5S/c29-24(23-12-7-17-33-23)26-22(18-20-8-3-1-4-9-20)25(30)27-13-15-28(16-14-27)34(31,32)19-21-10-5-2-6-11-21/h1-12,17,22H,13-16,18-19H2,(H,26,29). The molecule has 2 aromatic carbocycles. The Kier molecular flexibility index (Phi) is 7.44. The van der Waals surface area contributed by atoms with Crippen LogP contribution in [0.2, 0.25) is 0 Å². The van der Waals surface area contributed by atoms with Gasteiger partial charge in [-0.2, -0.15) is 4.31 Å². The van der Waals surface area contributed by atoms with Crippen molar-refractivity contribution >= 4 is 21.8 Å². The minimum absolute atomic E-state index is 0.0718. The van der Waals surface area contributed by atoms with E-state index in [1.54, 1.807) is 23.1 Å². The van der Waals surface area contributed by atoms with Gasteiger partial charge in [0, 0.05) is 32.6 Å². The first-order valence-corrected chi connectivity index (χ1v) is 12.7. The number of carbonyl (C=O) groups is 2. The van der Waals surface area contributed by atoms with Crippen LogP contribution in [0.1, 0.15) is 21.7 Å². The molecule has 1 fully saturated rings. The molecule has 1 atom stereocenters. The lowest BCUT2D eigenvalue weighted by Crippen LogP contribution is -2.56. The molecule has 1 aromatic heterocycles. The lowest BCUT2D eigenvalue weighted by molar-refractivity contribution is -0.134. The monoisotopic (exact) mass is 481 g/mol. The summed E-state index contributed by atoms with van der Waals surface area (Å²) >= 11 is 0. The molecular weight excluding hydrogens is 454 g/mol. The molecule has 1 aliphatic heterocycles. The van der Waals surface area contributed by atoms with Crippen molar-refractivity contribution in [3.05, 3.63) is 95.9 Å². The van der Waals surface area contributed by atoms with Gasteiger partial charge in [-0.3, -0.25) is 9.59 Å². The predicted octanol–water partition coefficient (Wildman–Crippen LogP) is 2.29. The molecule has 1 N–H and O–H groups in total. The maximum absolute atomic E-state index is 13.4. The number of hydrogen-bond acceptors (Lipinski definition) is 5. The maximum atomic E-state index is 13.4. The molecule has 2 heterocycles. The van der Waals surface area contributed by atoms with E-state index in [0.29, 0.717) is 6.42 Å². The van der Waals surface area contributed by atoms with Gasteiger partial charge in [0.15, 0.2) is 5.76 Å². The van der Waals surface area contributed by atoms with Crippen LogP contribution in [-0.2, 0) is 27.0 Å². The first kappa shape index (κ1) is 23.7. The smallest absolute Gasteiger partial charge is 0.287 e. The second-order valence-corrected chi connectivity index (χ2v) is 10.1. The topological polar surface area (TPSA) is 99.9 Å². The molecule has 4 rings (SSSR count). The van der Waals surface area contributed by atoms with Crippen molar-refractivity contribution in [2.45, 2.75) is 18.2 Å². The molecule has 2 amide bonds. The zero-order valence-electron chi connectivity index (χ0n) is 18.7. The molecule has 8 nitrogen and oxygen atoms in total. The summed E-state index contributed by atoms with van der Waals surface area (Å²) in [4.78, 5) is 27.6. The van der Waals surface area contributed by atoms with Crippen molar-refractivity contribution in [3.8, 4) is 0 Å². The molecule has 0 radical (unpaired) electrons. The molecule has 0 saturated carbocycles. The van der Waals surface area contributed by atoms with Gasteiger partial charge in [-0.1, -0.05) is 60.7 Å². The highest BCUT2D eigenvalue weighted by Gasteiger charge is 2.33. The molecule has 0 bridgehead atoms. The second-order valence-electron chi connectivity index (χ2n) is 8.16. The first-order chi connectivity index (χ1) is 16.4. The fourth-order valence-corrected chi connectivity index (χ4v) is 5.49. The van der Waals surface area contributed by atoms with Crippen LogP contribution in [0.15, 0.2) is 83.5 Å². The summed E-state index contributed by atoms with van der Waals surface area (Å²) in [6.07, 6.45) is 1.72. The van der Waals surface area contributed by atoms with Crippen molar-refractivity contribution in [1.82, 2.24) is 14.5 Å². The van der Waals surface area contributed by atoms with Crippen LogP contribution in [0.3, 0.4) is 0 Å². The highest BCUT2D eigenvalue weighted by Crippen LogP contribution is 2.15. The molecule has 1 unspecified atom stereocenters. The normalized spacial score (nSPS) is 15.6. The Balaban J connectivity index is 1.42. The number of rotatable bonds is 8. The van der Waals surface area contributed by atoms with Gasteiger partial charge in [0.25, 0.3) is 5.91 Å². The van der Waals surface area contributed by atoms with Gasteiger partial charge in [0.2, 0.25) is 15.9 Å². The Bertz CT molecular complexity index is 1190. The van der Waals surface area contributed by atoms with Crippen molar-refractivity contribution in [1.29, 1.82) is 0 Å². The molecule has 3 aromatic rings. The number of benzene rings is 2. The van der Waals surface area contributed by atoms with Gasteiger partial charge in [0.1, 0.15) is 6.04 Å². The van der Waals surface area contributed by atoms with Gasteiger partial charge >= 0.3 is 0 Å². The number of hydrogen-bond donors (Lipinski definition) is 1. The van der Waals surface area contributed by atoms with Crippen LogP contribution in [0.4, 0.5) is 0 Å². The van der Waals surface area contributed by atoms with Gasteiger partial charge in [0.05, 0.1) is 12.0 Å². The third kappa shape index (κ3) is 5.92. The van der Waals surface area contributed by atoms with E-state index in [0.717, 1.165) is 11.1 Å². The third-order valence-electron chi connectivity index (χ3n) is 5.77. The van der Waals surface area contributed by atoms with Crippen molar-refractivity contribution < 1.29 is 22.4 Å². The van der Waals surface area contributed by atoms with Gasteiger partial charge in [-0.25, -0.2) is 8.42 Å². The number of nitrogens with one attached hydrogen (secondary N) is 1. The van der Waals surface area contributed by atoms with Crippen LogP contribution >= 0.6 is 0 Å². The fourth-order valence-electron chi connectivity index (χ4n) is 3.97. The average Bonchev–Trinajstić information content (AvgIpc) is 3.40. The van der Waals surface area contributed by atoms with Crippen LogP contribution in [0.5, 0.6) is 0 Å². The predicted molar refractivity (Wildman–Crippen MR) is 127 cm³/mol. The third-order valence-corrected chi connectivity index (χ3v) is 7.62. The summed E-state index contributed by atoms with van der Waals surface area (Å²) in [7, 11) is -3.49. The zero-order chi connectivity index (χ0) is 24.0. The Morgan fingerprint density at radius 3 is 2.06 bits per heavy atom. The maximum Gasteiger partial charge on any atom is 0.287 e. The summed E-state index contributed by atoms with van der Waals surface area (Å²) in [6, 6.07) is 20.8. The Hall–Kier alpha value is -3.43. The molecular formula is C25H27N3O5S. The second kappa shape index (κ2) is 10.7. The first-order valence-electron chi connectivity index (χ1n) is 11.1. The van der Waals surface area contributed by atoms with Crippen LogP contribution in [0, 0.1) is 0 Å². The number of amides is 2. The highest BCUT2D eigenvalue weighted by molar-refractivity contribution is 7.88. The van der Waals surface area contributed by atoms with E-state index in [9.17, 15) is 18.0 Å². The van der Waals surface area contributed by atoms with Gasteiger partial charge < -0.3 is 14.6 Å². The van der Waals surface area contributed by atoms with E-state index in [-0.39, 0.29) is 43.6 Å². The highest BCUT2D eigenvalue weighted by atomic mass is 32.2. The van der Waals surface area contributed by atoms with E-state index in [2.05, 4.69) is 5.32 Å². The lowest BCUT2D eigenvalue weighted by atomic mass is 10.0. The lowest BCUT2D eigenvalue weighted by Gasteiger charge is -2.36. The van der Waals surface area contributed by atoms with E-state index in [1.165, 1.54) is 16.6 Å². The van der Waals surface area contributed by atoms with Gasteiger partial charge in [-0.15, -0.1) is 0 Å². The van der Waals surface area contributed by atoms with Crippen molar-refractivity contribution in [2.75, 3.05) is 26.2 Å². The number of carbonyl (C=O) groups excluding carboxylic acids is 2. The van der Waals surface area contributed by atoms with Gasteiger partial charge in [-0.05, 0) is 23.3 Å². The molecule has 1 saturated heterocycles. The number of sulfonamides is 1. The summed E-state index contributed by atoms with van der Waals surface area (Å²) in [5.41, 5.74) is 1.63. The van der Waals surface area contributed by atoms with Crippen LogP contribution < -0.4 is 5.32 Å². The van der Waals surface area contributed by atoms with Crippen LogP contribution in [-0.4, -0.2) is 61.7 Å². The summed E-state index contributed by atoms with van der Waals surface area (Å²) < 4.78 is 32.3. The molecule has 0 spiro atoms. The Morgan fingerprint density at radius 1 is 0.853 bits per heavy atom.